The molecule has 0 unspecified atom stereocenters. The molecule has 1 saturated carbocycles. The first-order valence-corrected chi connectivity index (χ1v) is 12.3. The fraction of sp³-hybridized carbons (Fsp3) is 0.267. The van der Waals surface area contributed by atoms with Gasteiger partial charge in [-0.1, -0.05) is 48.5 Å². The summed E-state index contributed by atoms with van der Waals surface area (Å²) in [5.41, 5.74) is 2.06. The van der Waals surface area contributed by atoms with Gasteiger partial charge in [0.2, 0.25) is 11.8 Å². The highest BCUT2D eigenvalue weighted by Gasteiger charge is 2.50. The summed E-state index contributed by atoms with van der Waals surface area (Å²) in [5.74, 6) is -1.48. The molecule has 1 aliphatic carbocycles. The van der Waals surface area contributed by atoms with Crippen molar-refractivity contribution in [2.45, 2.75) is 25.2 Å². The molecule has 1 aliphatic heterocycles. The number of methoxy groups -OCH3 is 1. The SMILES string of the molecule is COc1cccc(C(=O)COC(=O)c2cccc(N3C(=O)[C@@H]4CC[C@H](c5ccccc5)C[C@H]4C3=O)c2)c1. The van der Waals surface area contributed by atoms with E-state index in [0.717, 1.165) is 6.42 Å². The number of ketones is 1. The second kappa shape index (κ2) is 10.4. The number of imide groups is 1. The third-order valence-corrected chi connectivity index (χ3v) is 7.26. The number of esters is 1. The topological polar surface area (TPSA) is 90.0 Å². The van der Waals surface area contributed by atoms with Crippen LogP contribution in [0.1, 0.15) is 51.5 Å². The summed E-state index contributed by atoms with van der Waals surface area (Å²) in [5, 5.41) is 0. The van der Waals surface area contributed by atoms with Crippen molar-refractivity contribution < 1.29 is 28.7 Å². The minimum Gasteiger partial charge on any atom is -0.497 e. The van der Waals surface area contributed by atoms with E-state index in [-0.39, 0.29) is 40.9 Å². The van der Waals surface area contributed by atoms with Crippen LogP contribution in [0.25, 0.3) is 0 Å². The molecule has 5 rings (SSSR count). The molecule has 1 saturated heterocycles. The van der Waals surface area contributed by atoms with Crippen LogP contribution in [0.4, 0.5) is 5.69 Å². The lowest BCUT2D eigenvalue weighted by Gasteiger charge is -2.28. The fourth-order valence-electron chi connectivity index (χ4n) is 5.33. The number of ether oxygens (including phenoxy) is 2. The van der Waals surface area contributed by atoms with Crippen LogP contribution in [-0.4, -0.2) is 37.3 Å². The molecule has 2 amide bonds. The minimum atomic E-state index is -0.709. The first kappa shape index (κ1) is 24.4. The standard InChI is InChI=1S/C30H27NO6/c1-36-24-12-6-9-21(16-24)27(32)18-37-30(35)22-10-5-11-23(15-22)31-28(33)25-14-13-20(17-26(25)29(31)34)19-7-3-2-4-8-19/h2-12,15-16,20,25-26H,13-14,17-18H2,1H3/t20-,25+,26+/m0/s1. The monoisotopic (exact) mass is 497 g/mol. The van der Waals surface area contributed by atoms with E-state index in [1.807, 2.05) is 18.2 Å². The molecular formula is C30H27NO6. The summed E-state index contributed by atoms with van der Waals surface area (Å²) >= 11 is 0. The van der Waals surface area contributed by atoms with Gasteiger partial charge >= 0.3 is 5.97 Å². The van der Waals surface area contributed by atoms with Gasteiger partial charge in [-0.2, -0.15) is 0 Å². The van der Waals surface area contributed by atoms with Crippen LogP contribution in [0.3, 0.4) is 0 Å². The van der Waals surface area contributed by atoms with E-state index in [4.69, 9.17) is 9.47 Å². The van der Waals surface area contributed by atoms with Crippen LogP contribution >= 0.6 is 0 Å². The Labute approximate surface area is 215 Å². The summed E-state index contributed by atoms with van der Waals surface area (Å²) in [6.07, 6.45) is 2.13. The number of rotatable bonds is 7. The average molecular weight is 498 g/mol. The third-order valence-electron chi connectivity index (χ3n) is 7.26. The van der Waals surface area contributed by atoms with Crippen LogP contribution in [-0.2, 0) is 14.3 Å². The van der Waals surface area contributed by atoms with Gasteiger partial charge in [-0.3, -0.25) is 19.3 Å². The van der Waals surface area contributed by atoms with E-state index in [2.05, 4.69) is 12.1 Å². The smallest absolute Gasteiger partial charge is 0.338 e. The largest absolute Gasteiger partial charge is 0.497 e. The molecule has 0 bridgehead atoms. The highest BCUT2D eigenvalue weighted by atomic mass is 16.5. The summed E-state index contributed by atoms with van der Waals surface area (Å²) in [6, 6.07) is 22.9. The van der Waals surface area contributed by atoms with Crippen molar-refractivity contribution in [1.29, 1.82) is 0 Å². The minimum absolute atomic E-state index is 0.161. The molecule has 3 atom stereocenters. The zero-order chi connectivity index (χ0) is 25.9. The normalized spacial score (nSPS) is 20.9. The number of hydrogen-bond donors (Lipinski definition) is 0. The molecule has 7 nitrogen and oxygen atoms in total. The van der Waals surface area contributed by atoms with Crippen molar-refractivity contribution in [3.63, 3.8) is 0 Å². The zero-order valence-electron chi connectivity index (χ0n) is 20.5. The van der Waals surface area contributed by atoms with Gasteiger partial charge in [0, 0.05) is 5.56 Å². The molecule has 1 heterocycles. The van der Waals surface area contributed by atoms with Crippen LogP contribution in [0.2, 0.25) is 0 Å². The Morgan fingerprint density at radius 3 is 2.35 bits per heavy atom. The van der Waals surface area contributed by atoms with Crippen LogP contribution < -0.4 is 9.64 Å². The molecule has 0 aromatic heterocycles. The predicted molar refractivity (Wildman–Crippen MR) is 137 cm³/mol. The molecule has 188 valence electrons. The van der Waals surface area contributed by atoms with Crippen LogP contribution in [0.5, 0.6) is 5.75 Å². The second-order valence-corrected chi connectivity index (χ2v) is 9.43. The molecule has 0 radical (unpaired) electrons. The van der Waals surface area contributed by atoms with Gasteiger partial charge in [0.15, 0.2) is 12.4 Å². The second-order valence-electron chi connectivity index (χ2n) is 9.43. The fourth-order valence-corrected chi connectivity index (χ4v) is 5.33. The number of carbonyl (C=O) groups is 4. The van der Waals surface area contributed by atoms with Gasteiger partial charge in [0.1, 0.15) is 5.75 Å². The maximum atomic E-state index is 13.4. The van der Waals surface area contributed by atoms with Crippen LogP contribution in [0, 0.1) is 11.8 Å². The Balaban J connectivity index is 1.27. The van der Waals surface area contributed by atoms with Crippen molar-refractivity contribution in [3.05, 3.63) is 95.6 Å². The Morgan fingerprint density at radius 2 is 1.57 bits per heavy atom. The predicted octanol–water partition coefficient (Wildman–Crippen LogP) is 4.81. The van der Waals surface area contributed by atoms with Gasteiger partial charge in [0.05, 0.1) is 30.2 Å². The lowest BCUT2D eigenvalue weighted by Crippen LogP contribution is -2.31. The lowest BCUT2D eigenvalue weighted by atomic mass is 9.73. The van der Waals surface area contributed by atoms with E-state index in [1.165, 1.54) is 29.7 Å². The number of benzene rings is 3. The average Bonchev–Trinajstić information content (AvgIpc) is 3.20. The van der Waals surface area contributed by atoms with Gasteiger partial charge in [0.25, 0.3) is 0 Å². The zero-order valence-corrected chi connectivity index (χ0v) is 20.5. The van der Waals surface area contributed by atoms with Gasteiger partial charge in [-0.05, 0) is 61.1 Å². The molecule has 2 aliphatic rings. The van der Waals surface area contributed by atoms with Crippen molar-refractivity contribution in [1.82, 2.24) is 0 Å². The molecule has 7 heteroatoms. The van der Waals surface area contributed by atoms with Gasteiger partial charge in [-0.25, -0.2) is 4.79 Å². The first-order valence-electron chi connectivity index (χ1n) is 12.3. The third kappa shape index (κ3) is 4.89. The Hall–Kier alpha value is -4.26. The maximum Gasteiger partial charge on any atom is 0.338 e. The van der Waals surface area contributed by atoms with E-state index in [9.17, 15) is 19.2 Å². The van der Waals surface area contributed by atoms with Crippen molar-refractivity contribution in [2.75, 3.05) is 18.6 Å². The number of hydrogen-bond acceptors (Lipinski definition) is 6. The molecule has 3 aromatic carbocycles. The summed E-state index contributed by atoms with van der Waals surface area (Å²) < 4.78 is 10.4. The lowest BCUT2D eigenvalue weighted by molar-refractivity contribution is -0.122. The van der Waals surface area contributed by atoms with E-state index in [1.54, 1.807) is 36.4 Å². The molecule has 0 spiro atoms. The van der Waals surface area contributed by atoms with E-state index < -0.39 is 12.6 Å². The Kier molecular flexibility index (Phi) is 6.86. The first-order chi connectivity index (χ1) is 18.0. The van der Waals surface area contributed by atoms with Gasteiger partial charge < -0.3 is 9.47 Å². The van der Waals surface area contributed by atoms with Crippen molar-refractivity contribution in [3.8, 4) is 5.75 Å². The van der Waals surface area contributed by atoms with E-state index in [0.29, 0.717) is 29.8 Å². The van der Waals surface area contributed by atoms with Crippen molar-refractivity contribution in [2.24, 2.45) is 11.8 Å². The summed E-state index contributed by atoms with van der Waals surface area (Å²) in [4.78, 5) is 53.0. The highest BCUT2D eigenvalue weighted by molar-refractivity contribution is 6.22. The quantitative estimate of drug-likeness (QED) is 0.264. The molecule has 37 heavy (non-hydrogen) atoms. The molecule has 2 fully saturated rings. The number of anilines is 1. The summed E-state index contributed by atoms with van der Waals surface area (Å²) in [6.45, 7) is -0.442. The number of amides is 2. The number of fused-ring (bicyclic) bond motifs is 1. The molecular weight excluding hydrogens is 470 g/mol. The molecule has 3 aromatic rings. The van der Waals surface area contributed by atoms with Crippen LogP contribution in [0.15, 0.2) is 78.9 Å². The van der Waals surface area contributed by atoms with Crippen molar-refractivity contribution >= 4 is 29.3 Å². The molecule has 0 N–H and O–H groups in total. The highest BCUT2D eigenvalue weighted by Crippen LogP contribution is 2.45. The number of carbonyl (C=O) groups excluding carboxylic acids is 4. The Bertz CT molecular complexity index is 1350. The number of Topliss-reactive ketones (excluding diaryl/α,β-unsaturated/α-hetero) is 1. The van der Waals surface area contributed by atoms with E-state index >= 15 is 0 Å². The maximum absolute atomic E-state index is 13.4. The summed E-state index contributed by atoms with van der Waals surface area (Å²) in [7, 11) is 1.50. The van der Waals surface area contributed by atoms with Gasteiger partial charge in [-0.15, -0.1) is 0 Å². The number of nitrogens with zero attached hydrogens (tertiary/aromatic N) is 1. The Morgan fingerprint density at radius 1 is 0.838 bits per heavy atom.